The van der Waals surface area contributed by atoms with Crippen LogP contribution in [-0.4, -0.2) is 24.1 Å². The van der Waals surface area contributed by atoms with Crippen LogP contribution in [0.3, 0.4) is 0 Å². The summed E-state index contributed by atoms with van der Waals surface area (Å²) in [6.45, 7) is 0. The number of hydrazone groups is 1. The summed E-state index contributed by atoms with van der Waals surface area (Å²) in [5.74, 6) is 0. The van der Waals surface area contributed by atoms with Crippen LogP contribution in [-0.2, 0) is 10.0 Å². The van der Waals surface area contributed by atoms with Crippen LogP contribution in [0.25, 0.3) is 22.3 Å². The molecule has 0 saturated carbocycles. The van der Waals surface area contributed by atoms with Crippen molar-refractivity contribution in [2.75, 3.05) is 0 Å². The Labute approximate surface area is 161 Å². The molecule has 1 aliphatic carbocycles. The fourth-order valence-electron chi connectivity index (χ4n) is 3.25. The summed E-state index contributed by atoms with van der Waals surface area (Å²) in [7, 11) is -3.78. The lowest BCUT2D eigenvalue weighted by molar-refractivity contribution is 0.584. The Morgan fingerprint density at radius 1 is 0.679 bits per heavy atom. The molecule has 6 nitrogen and oxygen atoms in total. The zero-order valence-corrected chi connectivity index (χ0v) is 15.4. The van der Waals surface area contributed by atoms with E-state index in [9.17, 15) is 8.42 Å². The number of fused-ring (bicyclic) bond motifs is 4. The van der Waals surface area contributed by atoms with E-state index < -0.39 is 10.0 Å². The number of para-hydroxylation sites is 2. The Morgan fingerprint density at radius 2 is 1.25 bits per heavy atom. The fourth-order valence-corrected chi connectivity index (χ4v) is 4.08. The topological polar surface area (TPSA) is 84.3 Å². The van der Waals surface area contributed by atoms with Gasteiger partial charge in [0.1, 0.15) is 11.4 Å². The van der Waals surface area contributed by atoms with Crippen LogP contribution in [0.2, 0.25) is 0 Å². The second kappa shape index (κ2) is 6.24. The lowest BCUT2D eigenvalue weighted by Crippen LogP contribution is -2.20. The molecule has 1 heterocycles. The zero-order valence-electron chi connectivity index (χ0n) is 14.6. The molecule has 0 amide bonds. The van der Waals surface area contributed by atoms with Crippen molar-refractivity contribution >= 4 is 26.8 Å². The van der Waals surface area contributed by atoms with Crippen molar-refractivity contribution in [3.8, 4) is 11.3 Å². The molecule has 7 heteroatoms. The van der Waals surface area contributed by atoms with Crippen LogP contribution < -0.4 is 4.83 Å². The predicted octanol–water partition coefficient (Wildman–Crippen LogP) is 3.34. The number of benzene rings is 3. The molecule has 1 aliphatic rings. The van der Waals surface area contributed by atoms with Crippen molar-refractivity contribution in [3.05, 3.63) is 90.1 Å². The first-order valence-corrected chi connectivity index (χ1v) is 10.1. The molecule has 0 bridgehead atoms. The van der Waals surface area contributed by atoms with E-state index in [1.165, 1.54) is 12.1 Å². The molecule has 5 rings (SSSR count). The van der Waals surface area contributed by atoms with Gasteiger partial charge in [-0.1, -0.05) is 54.6 Å². The summed E-state index contributed by atoms with van der Waals surface area (Å²) in [6, 6.07) is 23.3. The lowest BCUT2D eigenvalue weighted by Gasteiger charge is -2.06. The van der Waals surface area contributed by atoms with Gasteiger partial charge in [0.15, 0.2) is 0 Å². The van der Waals surface area contributed by atoms with Gasteiger partial charge in [-0.2, -0.15) is 18.4 Å². The highest BCUT2D eigenvalue weighted by Gasteiger charge is 2.29. The highest BCUT2D eigenvalue weighted by molar-refractivity contribution is 7.89. The number of rotatable bonds is 3. The highest BCUT2D eigenvalue weighted by Crippen LogP contribution is 2.35. The summed E-state index contributed by atoms with van der Waals surface area (Å²) in [6.07, 6.45) is 0. The van der Waals surface area contributed by atoms with E-state index in [1.54, 1.807) is 18.2 Å². The van der Waals surface area contributed by atoms with E-state index in [2.05, 4.69) is 9.93 Å². The number of sulfonamides is 1. The second-order valence-corrected chi connectivity index (χ2v) is 7.98. The normalized spacial score (nSPS) is 14.1. The third kappa shape index (κ3) is 2.64. The first-order valence-electron chi connectivity index (χ1n) is 8.65. The van der Waals surface area contributed by atoms with Gasteiger partial charge >= 0.3 is 0 Å². The monoisotopic (exact) mass is 386 g/mol. The van der Waals surface area contributed by atoms with Crippen molar-refractivity contribution in [2.45, 2.75) is 4.90 Å². The largest absolute Gasteiger partial charge is 0.276 e. The molecule has 0 atom stereocenters. The molecule has 1 aromatic heterocycles. The van der Waals surface area contributed by atoms with E-state index in [0.717, 1.165) is 22.2 Å². The molecule has 0 fully saturated rings. The van der Waals surface area contributed by atoms with Gasteiger partial charge in [-0.25, -0.2) is 9.97 Å². The summed E-state index contributed by atoms with van der Waals surface area (Å²) >= 11 is 0. The first kappa shape index (κ1) is 16.6. The third-order valence-electron chi connectivity index (χ3n) is 4.56. The predicted molar refractivity (Wildman–Crippen MR) is 107 cm³/mol. The molecule has 0 radical (unpaired) electrons. The minimum absolute atomic E-state index is 0.149. The van der Waals surface area contributed by atoms with E-state index in [0.29, 0.717) is 17.1 Å². The maximum Gasteiger partial charge on any atom is 0.276 e. The maximum absolute atomic E-state index is 12.6. The number of nitrogens with one attached hydrogen (secondary N) is 1. The number of hydrogen-bond acceptors (Lipinski definition) is 5. The van der Waals surface area contributed by atoms with Crippen LogP contribution in [0.4, 0.5) is 0 Å². The average molecular weight is 386 g/mol. The van der Waals surface area contributed by atoms with E-state index in [-0.39, 0.29) is 4.90 Å². The molecule has 3 aromatic carbocycles. The van der Waals surface area contributed by atoms with Gasteiger partial charge in [-0.15, -0.1) is 0 Å². The fraction of sp³-hybridized carbons (Fsp3) is 0. The van der Waals surface area contributed by atoms with Crippen LogP contribution in [0, 0.1) is 0 Å². The van der Waals surface area contributed by atoms with Crippen molar-refractivity contribution in [2.24, 2.45) is 5.10 Å². The quantitative estimate of drug-likeness (QED) is 0.482. The van der Waals surface area contributed by atoms with Crippen molar-refractivity contribution in [1.29, 1.82) is 0 Å². The molecule has 136 valence electrons. The second-order valence-electron chi connectivity index (χ2n) is 6.32. The molecule has 28 heavy (non-hydrogen) atoms. The summed E-state index contributed by atoms with van der Waals surface area (Å²) < 4.78 is 25.1. The van der Waals surface area contributed by atoms with Crippen LogP contribution >= 0.6 is 0 Å². The van der Waals surface area contributed by atoms with Gasteiger partial charge in [0.25, 0.3) is 10.0 Å². The van der Waals surface area contributed by atoms with Crippen molar-refractivity contribution in [1.82, 2.24) is 14.8 Å². The lowest BCUT2D eigenvalue weighted by atomic mass is 10.1. The van der Waals surface area contributed by atoms with Gasteiger partial charge < -0.3 is 0 Å². The van der Waals surface area contributed by atoms with Gasteiger partial charge in [-0.05, 0) is 24.3 Å². The molecule has 0 unspecified atom stereocenters. The summed E-state index contributed by atoms with van der Waals surface area (Å²) in [5.41, 5.74) is 4.91. The van der Waals surface area contributed by atoms with Crippen LogP contribution in [0.15, 0.2) is 88.9 Å². The van der Waals surface area contributed by atoms with E-state index in [1.807, 2.05) is 48.5 Å². The Bertz CT molecular complexity index is 1350. The summed E-state index contributed by atoms with van der Waals surface area (Å²) in [5, 5.41) is 4.24. The highest BCUT2D eigenvalue weighted by atomic mass is 32.2. The third-order valence-corrected chi connectivity index (χ3v) is 5.79. The SMILES string of the molecule is O=S(=O)(N/N=C1/c2ccccc2-c2nc3ccccc3nc21)c1ccccc1. The van der Waals surface area contributed by atoms with Gasteiger partial charge in [0.05, 0.1) is 21.6 Å². The van der Waals surface area contributed by atoms with Gasteiger partial charge in [0, 0.05) is 11.1 Å². The Hall–Kier alpha value is -3.58. The zero-order chi connectivity index (χ0) is 19.1. The molecule has 4 aromatic rings. The maximum atomic E-state index is 12.6. The first-order chi connectivity index (χ1) is 13.6. The molecule has 0 saturated heterocycles. The Balaban J connectivity index is 1.66. The molecular formula is C21H14N4O2S. The summed E-state index contributed by atoms with van der Waals surface area (Å²) in [4.78, 5) is 11.9. The van der Waals surface area contributed by atoms with Crippen LogP contribution in [0.5, 0.6) is 0 Å². The Morgan fingerprint density at radius 3 is 1.96 bits per heavy atom. The molecule has 0 aliphatic heterocycles. The van der Waals surface area contributed by atoms with E-state index in [4.69, 9.17) is 9.97 Å². The van der Waals surface area contributed by atoms with Gasteiger partial charge in [-0.3, -0.25) is 0 Å². The standard InChI is InChI=1S/C21H14N4O2S/c26-28(27,14-8-2-1-3-9-14)25-24-20-16-11-5-4-10-15(16)19-21(20)23-18-13-7-6-12-17(18)22-19/h1-13,25H/b24-20-. The van der Waals surface area contributed by atoms with Gasteiger partial charge in [0.2, 0.25) is 0 Å². The van der Waals surface area contributed by atoms with E-state index >= 15 is 0 Å². The Kier molecular flexibility index (Phi) is 3.70. The molecule has 0 spiro atoms. The van der Waals surface area contributed by atoms with Crippen molar-refractivity contribution < 1.29 is 8.42 Å². The number of hydrogen-bond donors (Lipinski definition) is 1. The number of aromatic nitrogens is 2. The minimum atomic E-state index is -3.78. The smallest absolute Gasteiger partial charge is 0.244 e. The number of nitrogens with zero attached hydrogens (tertiary/aromatic N) is 3. The van der Waals surface area contributed by atoms with Crippen molar-refractivity contribution in [3.63, 3.8) is 0 Å². The average Bonchev–Trinajstić information content (AvgIpc) is 3.04. The molecule has 1 N–H and O–H groups in total. The molecular weight excluding hydrogens is 372 g/mol. The minimum Gasteiger partial charge on any atom is -0.244 e. The van der Waals surface area contributed by atoms with Crippen LogP contribution in [0.1, 0.15) is 11.3 Å².